The lowest BCUT2D eigenvalue weighted by molar-refractivity contribution is 0.0909. The van der Waals surface area contributed by atoms with Gasteiger partial charge in [-0.3, -0.25) is 4.79 Å². The summed E-state index contributed by atoms with van der Waals surface area (Å²) in [4.78, 5) is 12.4. The van der Waals surface area contributed by atoms with Crippen LogP contribution in [0.5, 0.6) is 0 Å². The minimum Gasteiger partial charge on any atom is -0.459 e. The van der Waals surface area contributed by atoms with Crippen molar-refractivity contribution in [3.8, 4) is 11.1 Å². The molecular formula is C16H19NO3S. The summed E-state index contributed by atoms with van der Waals surface area (Å²) in [5, 5.41) is 12.1. The van der Waals surface area contributed by atoms with Crippen LogP contribution in [-0.4, -0.2) is 35.2 Å². The van der Waals surface area contributed by atoms with Gasteiger partial charge in [0, 0.05) is 16.9 Å². The Balaban J connectivity index is 2.16. The molecule has 0 radical (unpaired) electrons. The molecule has 5 heteroatoms. The van der Waals surface area contributed by atoms with E-state index in [1.165, 1.54) is 18.0 Å². The molecule has 0 unspecified atom stereocenters. The number of carbonyl (C=O) groups is 1. The summed E-state index contributed by atoms with van der Waals surface area (Å²) in [6.45, 7) is 1.90. The largest absolute Gasteiger partial charge is 0.459 e. The Labute approximate surface area is 128 Å². The van der Waals surface area contributed by atoms with Crippen molar-refractivity contribution in [2.75, 3.05) is 12.9 Å². The predicted octanol–water partition coefficient (Wildman–Crippen LogP) is 2.79. The van der Waals surface area contributed by atoms with Gasteiger partial charge in [-0.05, 0) is 24.8 Å². The maximum absolute atomic E-state index is 12.4. The number of benzene rings is 1. The van der Waals surface area contributed by atoms with Crippen LogP contribution >= 0.6 is 11.8 Å². The molecule has 4 nitrogen and oxygen atoms in total. The highest BCUT2D eigenvalue weighted by molar-refractivity contribution is 7.99. The number of hydrogen-bond donors (Lipinski definition) is 2. The van der Waals surface area contributed by atoms with Crippen LogP contribution in [0.25, 0.3) is 11.1 Å². The van der Waals surface area contributed by atoms with Crippen molar-refractivity contribution in [1.29, 1.82) is 0 Å². The second-order valence-electron chi connectivity index (χ2n) is 4.75. The minimum atomic E-state index is -0.265. The van der Waals surface area contributed by atoms with E-state index >= 15 is 0 Å². The van der Waals surface area contributed by atoms with Crippen molar-refractivity contribution in [1.82, 2.24) is 5.32 Å². The summed E-state index contributed by atoms with van der Waals surface area (Å²) in [5.41, 5.74) is 1.71. The number of thioether (sulfide) groups is 1. The van der Waals surface area contributed by atoms with E-state index in [9.17, 15) is 9.90 Å². The van der Waals surface area contributed by atoms with Crippen LogP contribution in [0.2, 0.25) is 0 Å². The standard InChI is InChI=1S/C16H19NO3S/c1-11(14(10-18)21-2)17-16(19)15-13(8-9-20-15)12-6-4-3-5-7-12/h3-9,11,14,18H,10H2,1-2H3,(H,17,19)/t11-,14-/m0/s1. The Morgan fingerprint density at radius 3 is 2.67 bits per heavy atom. The van der Waals surface area contributed by atoms with Gasteiger partial charge in [0.05, 0.1) is 12.9 Å². The first-order valence-electron chi connectivity index (χ1n) is 6.74. The number of aliphatic hydroxyl groups excluding tert-OH is 1. The number of nitrogens with one attached hydrogen (secondary N) is 1. The first kappa shape index (κ1) is 15.7. The zero-order valence-electron chi connectivity index (χ0n) is 12.1. The number of aliphatic hydroxyl groups is 1. The smallest absolute Gasteiger partial charge is 0.287 e. The Morgan fingerprint density at radius 2 is 2.05 bits per heavy atom. The second-order valence-corrected chi connectivity index (χ2v) is 5.83. The average molecular weight is 305 g/mol. The molecule has 112 valence electrons. The van der Waals surface area contributed by atoms with E-state index in [0.29, 0.717) is 5.76 Å². The van der Waals surface area contributed by atoms with E-state index < -0.39 is 0 Å². The fourth-order valence-corrected chi connectivity index (χ4v) is 2.76. The van der Waals surface area contributed by atoms with E-state index in [1.807, 2.05) is 43.5 Å². The molecule has 2 atom stereocenters. The van der Waals surface area contributed by atoms with Crippen molar-refractivity contribution in [3.63, 3.8) is 0 Å². The SMILES string of the molecule is CS[C@@H](CO)[C@H](C)NC(=O)c1occc1-c1ccccc1. The Kier molecular flexibility index (Phi) is 5.47. The summed E-state index contributed by atoms with van der Waals surface area (Å²) in [7, 11) is 0. The Morgan fingerprint density at radius 1 is 1.33 bits per heavy atom. The normalized spacial score (nSPS) is 13.7. The Hall–Kier alpha value is -1.72. The van der Waals surface area contributed by atoms with Crippen molar-refractivity contribution in [3.05, 3.63) is 48.4 Å². The lowest BCUT2D eigenvalue weighted by Crippen LogP contribution is -2.41. The maximum Gasteiger partial charge on any atom is 0.287 e. The van der Waals surface area contributed by atoms with E-state index in [1.54, 1.807) is 6.07 Å². The van der Waals surface area contributed by atoms with Gasteiger partial charge in [0.1, 0.15) is 0 Å². The zero-order chi connectivity index (χ0) is 15.2. The van der Waals surface area contributed by atoms with Crippen LogP contribution in [0.4, 0.5) is 0 Å². The number of hydrogen-bond acceptors (Lipinski definition) is 4. The molecule has 0 saturated carbocycles. The highest BCUT2D eigenvalue weighted by Crippen LogP contribution is 2.24. The fourth-order valence-electron chi connectivity index (χ4n) is 2.13. The van der Waals surface area contributed by atoms with Gasteiger partial charge in [0.15, 0.2) is 5.76 Å². The minimum absolute atomic E-state index is 0.0201. The summed E-state index contributed by atoms with van der Waals surface area (Å²) in [6, 6.07) is 11.3. The topological polar surface area (TPSA) is 62.5 Å². The lowest BCUT2D eigenvalue weighted by atomic mass is 10.1. The summed E-state index contributed by atoms with van der Waals surface area (Å²) < 4.78 is 5.35. The van der Waals surface area contributed by atoms with Gasteiger partial charge in [-0.15, -0.1) is 0 Å². The summed E-state index contributed by atoms with van der Waals surface area (Å²) in [6.07, 6.45) is 3.42. The molecule has 2 rings (SSSR count). The van der Waals surface area contributed by atoms with Crippen molar-refractivity contribution >= 4 is 17.7 Å². The quantitative estimate of drug-likeness (QED) is 0.861. The number of rotatable bonds is 6. The summed E-state index contributed by atoms with van der Waals surface area (Å²) >= 11 is 1.52. The third-order valence-electron chi connectivity index (χ3n) is 3.36. The molecule has 1 aromatic carbocycles. The van der Waals surface area contributed by atoms with Crippen molar-refractivity contribution in [2.24, 2.45) is 0 Å². The Bertz CT molecular complexity index is 578. The van der Waals surface area contributed by atoms with Gasteiger partial charge in [0.2, 0.25) is 0 Å². The molecule has 0 aliphatic carbocycles. The third-order valence-corrected chi connectivity index (χ3v) is 4.52. The van der Waals surface area contributed by atoms with Crippen LogP contribution in [0.15, 0.2) is 47.1 Å². The van der Waals surface area contributed by atoms with Crippen LogP contribution in [0.1, 0.15) is 17.5 Å². The zero-order valence-corrected chi connectivity index (χ0v) is 12.9. The second kappa shape index (κ2) is 7.33. The molecule has 0 aliphatic rings. The van der Waals surface area contributed by atoms with Crippen LogP contribution < -0.4 is 5.32 Å². The summed E-state index contributed by atoms with van der Waals surface area (Å²) in [5.74, 6) is 0.0321. The van der Waals surface area contributed by atoms with Gasteiger partial charge < -0.3 is 14.8 Å². The number of furan rings is 1. The molecule has 0 fully saturated rings. The molecule has 0 bridgehead atoms. The molecule has 0 aliphatic heterocycles. The van der Waals surface area contributed by atoms with Crippen molar-refractivity contribution < 1.29 is 14.3 Å². The molecule has 1 amide bonds. The fraction of sp³-hybridized carbons (Fsp3) is 0.312. The highest BCUT2D eigenvalue weighted by Gasteiger charge is 2.22. The monoisotopic (exact) mass is 305 g/mol. The van der Waals surface area contributed by atoms with Gasteiger partial charge >= 0.3 is 0 Å². The molecule has 0 spiro atoms. The van der Waals surface area contributed by atoms with Crippen LogP contribution in [0, 0.1) is 0 Å². The van der Waals surface area contributed by atoms with E-state index in [4.69, 9.17) is 4.42 Å². The van der Waals surface area contributed by atoms with Crippen LogP contribution in [0.3, 0.4) is 0 Å². The number of carbonyl (C=O) groups excluding carboxylic acids is 1. The molecule has 1 aromatic heterocycles. The third kappa shape index (κ3) is 3.68. The molecular weight excluding hydrogens is 286 g/mol. The average Bonchev–Trinajstić information content (AvgIpc) is 2.99. The lowest BCUT2D eigenvalue weighted by Gasteiger charge is -2.20. The van der Waals surface area contributed by atoms with Gasteiger partial charge in [-0.2, -0.15) is 11.8 Å². The molecule has 2 N–H and O–H groups in total. The van der Waals surface area contributed by atoms with E-state index in [0.717, 1.165) is 11.1 Å². The molecule has 21 heavy (non-hydrogen) atoms. The maximum atomic E-state index is 12.4. The van der Waals surface area contributed by atoms with Crippen molar-refractivity contribution in [2.45, 2.75) is 18.2 Å². The van der Waals surface area contributed by atoms with Crippen LogP contribution in [-0.2, 0) is 0 Å². The highest BCUT2D eigenvalue weighted by atomic mass is 32.2. The van der Waals surface area contributed by atoms with E-state index in [-0.39, 0.29) is 23.8 Å². The predicted molar refractivity (Wildman–Crippen MR) is 85.5 cm³/mol. The first-order chi connectivity index (χ1) is 10.2. The number of amides is 1. The van der Waals surface area contributed by atoms with Gasteiger partial charge in [-0.1, -0.05) is 30.3 Å². The molecule has 1 heterocycles. The molecule has 2 aromatic rings. The van der Waals surface area contributed by atoms with Gasteiger partial charge in [-0.25, -0.2) is 0 Å². The first-order valence-corrected chi connectivity index (χ1v) is 8.03. The van der Waals surface area contributed by atoms with E-state index in [2.05, 4.69) is 5.32 Å². The molecule has 0 saturated heterocycles. The van der Waals surface area contributed by atoms with Gasteiger partial charge in [0.25, 0.3) is 5.91 Å².